The molecule has 0 saturated carbocycles. The molecule has 0 fully saturated rings. The van der Waals surface area contributed by atoms with Crippen LogP contribution in [-0.2, 0) is 13.1 Å². The van der Waals surface area contributed by atoms with Gasteiger partial charge in [0.1, 0.15) is 5.75 Å². The molecule has 0 aliphatic carbocycles. The van der Waals surface area contributed by atoms with Crippen molar-refractivity contribution in [2.75, 3.05) is 12.3 Å². The summed E-state index contributed by atoms with van der Waals surface area (Å²) in [6, 6.07) is 9.41. The number of hydrogen-bond donors (Lipinski definition) is 2. The van der Waals surface area contributed by atoms with Gasteiger partial charge in [-0.3, -0.25) is 4.90 Å². The zero-order valence-corrected chi connectivity index (χ0v) is 11.3. The molecule has 0 saturated heterocycles. The number of aromatic hydroxyl groups is 1. The molecular formula is C14H18N2OS. The van der Waals surface area contributed by atoms with Gasteiger partial charge in [-0.05, 0) is 36.2 Å². The SMILES string of the molecule is CCN(Cc1cccs1)Cc1cc(N)ccc1O. The number of nitrogens with two attached hydrogens (primary N) is 1. The highest BCUT2D eigenvalue weighted by molar-refractivity contribution is 7.09. The first-order valence-corrected chi connectivity index (χ1v) is 6.89. The molecule has 2 aromatic rings. The Kier molecular flexibility index (Phi) is 4.23. The molecule has 1 heterocycles. The van der Waals surface area contributed by atoms with Crippen LogP contribution in [0.25, 0.3) is 0 Å². The molecule has 1 aromatic carbocycles. The molecule has 3 nitrogen and oxygen atoms in total. The van der Waals surface area contributed by atoms with Crippen LogP contribution >= 0.6 is 11.3 Å². The van der Waals surface area contributed by atoms with Crippen LogP contribution in [0.1, 0.15) is 17.4 Å². The maximum absolute atomic E-state index is 9.83. The van der Waals surface area contributed by atoms with Crippen LogP contribution < -0.4 is 5.73 Å². The van der Waals surface area contributed by atoms with Gasteiger partial charge in [0, 0.05) is 29.2 Å². The number of anilines is 1. The molecule has 0 bridgehead atoms. The molecule has 18 heavy (non-hydrogen) atoms. The van der Waals surface area contributed by atoms with Gasteiger partial charge in [-0.15, -0.1) is 11.3 Å². The van der Waals surface area contributed by atoms with Crippen molar-refractivity contribution in [2.45, 2.75) is 20.0 Å². The van der Waals surface area contributed by atoms with Crippen molar-refractivity contribution in [3.63, 3.8) is 0 Å². The minimum atomic E-state index is 0.314. The molecule has 0 radical (unpaired) electrons. The average molecular weight is 262 g/mol. The molecule has 0 amide bonds. The number of hydrogen-bond acceptors (Lipinski definition) is 4. The molecule has 0 unspecified atom stereocenters. The van der Waals surface area contributed by atoms with Crippen molar-refractivity contribution in [2.24, 2.45) is 0 Å². The Morgan fingerprint density at radius 1 is 1.28 bits per heavy atom. The largest absolute Gasteiger partial charge is 0.508 e. The van der Waals surface area contributed by atoms with Crippen LogP contribution in [0.5, 0.6) is 5.75 Å². The smallest absolute Gasteiger partial charge is 0.120 e. The Morgan fingerprint density at radius 2 is 2.11 bits per heavy atom. The van der Waals surface area contributed by atoms with E-state index in [0.717, 1.165) is 18.7 Å². The van der Waals surface area contributed by atoms with Crippen molar-refractivity contribution in [3.05, 3.63) is 46.2 Å². The number of benzene rings is 1. The Hall–Kier alpha value is -1.52. The minimum Gasteiger partial charge on any atom is -0.508 e. The van der Waals surface area contributed by atoms with E-state index in [2.05, 4.69) is 29.3 Å². The summed E-state index contributed by atoms with van der Waals surface area (Å²) in [4.78, 5) is 3.61. The molecular weight excluding hydrogens is 244 g/mol. The van der Waals surface area contributed by atoms with E-state index in [0.29, 0.717) is 18.0 Å². The topological polar surface area (TPSA) is 49.5 Å². The second-order valence-corrected chi connectivity index (χ2v) is 5.30. The van der Waals surface area contributed by atoms with E-state index in [1.54, 1.807) is 23.5 Å². The lowest BCUT2D eigenvalue weighted by Crippen LogP contribution is -2.21. The third-order valence-corrected chi connectivity index (χ3v) is 3.77. The zero-order chi connectivity index (χ0) is 13.0. The second kappa shape index (κ2) is 5.89. The minimum absolute atomic E-state index is 0.314. The predicted molar refractivity (Wildman–Crippen MR) is 76.6 cm³/mol. The number of rotatable bonds is 5. The van der Waals surface area contributed by atoms with Crippen molar-refractivity contribution >= 4 is 17.0 Å². The normalized spacial score (nSPS) is 11.0. The van der Waals surface area contributed by atoms with Gasteiger partial charge >= 0.3 is 0 Å². The fourth-order valence-electron chi connectivity index (χ4n) is 1.88. The Labute approximate surface area is 111 Å². The Bertz CT molecular complexity index is 497. The van der Waals surface area contributed by atoms with Gasteiger partial charge in [-0.25, -0.2) is 0 Å². The summed E-state index contributed by atoms with van der Waals surface area (Å²) in [6.07, 6.45) is 0. The van der Waals surface area contributed by atoms with Gasteiger partial charge < -0.3 is 10.8 Å². The molecule has 3 N–H and O–H groups in total. The van der Waals surface area contributed by atoms with E-state index in [1.165, 1.54) is 4.88 Å². The first kappa shape index (κ1) is 12.9. The first-order valence-electron chi connectivity index (χ1n) is 6.01. The highest BCUT2D eigenvalue weighted by Gasteiger charge is 2.09. The number of nitrogens with zero attached hydrogens (tertiary/aromatic N) is 1. The van der Waals surface area contributed by atoms with Gasteiger partial charge in [-0.1, -0.05) is 13.0 Å². The van der Waals surface area contributed by atoms with Crippen molar-refractivity contribution in [1.82, 2.24) is 4.90 Å². The first-order chi connectivity index (χ1) is 8.69. The van der Waals surface area contributed by atoms with Crippen LogP contribution in [0.2, 0.25) is 0 Å². The molecule has 0 atom stereocenters. The maximum Gasteiger partial charge on any atom is 0.120 e. The van der Waals surface area contributed by atoms with Crippen LogP contribution in [0.4, 0.5) is 5.69 Å². The zero-order valence-electron chi connectivity index (χ0n) is 10.5. The monoisotopic (exact) mass is 262 g/mol. The summed E-state index contributed by atoms with van der Waals surface area (Å²) in [7, 11) is 0. The molecule has 1 aromatic heterocycles. The van der Waals surface area contributed by atoms with Gasteiger partial charge in [0.05, 0.1) is 0 Å². The van der Waals surface area contributed by atoms with Crippen molar-refractivity contribution in [1.29, 1.82) is 0 Å². The van der Waals surface area contributed by atoms with Crippen LogP contribution in [0, 0.1) is 0 Å². The number of nitrogen functional groups attached to an aromatic ring is 1. The molecule has 2 rings (SSSR count). The molecule has 0 aliphatic heterocycles. The Morgan fingerprint density at radius 3 is 2.78 bits per heavy atom. The summed E-state index contributed by atoms with van der Waals surface area (Å²) in [6.45, 7) is 4.68. The van der Waals surface area contributed by atoms with E-state index in [-0.39, 0.29) is 0 Å². The number of thiophene rings is 1. The average Bonchev–Trinajstić information content (AvgIpc) is 2.85. The fourth-order valence-corrected chi connectivity index (χ4v) is 2.62. The van der Waals surface area contributed by atoms with Crippen LogP contribution in [0.3, 0.4) is 0 Å². The van der Waals surface area contributed by atoms with E-state index in [9.17, 15) is 5.11 Å². The lowest BCUT2D eigenvalue weighted by Gasteiger charge is -2.20. The highest BCUT2D eigenvalue weighted by atomic mass is 32.1. The third-order valence-electron chi connectivity index (χ3n) is 2.90. The maximum atomic E-state index is 9.83. The van der Waals surface area contributed by atoms with Crippen molar-refractivity contribution < 1.29 is 5.11 Å². The summed E-state index contributed by atoms with van der Waals surface area (Å²) in [5.74, 6) is 0.314. The fraction of sp³-hybridized carbons (Fsp3) is 0.286. The third kappa shape index (κ3) is 3.24. The van der Waals surface area contributed by atoms with E-state index in [4.69, 9.17) is 5.73 Å². The number of phenols is 1. The lowest BCUT2D eigenvalue weighted by atomic mass is 10.1. The number of phenolic OH excluding ortho intramolecular Hbond substituents is 1. The lowest BCUT2D eigenvalue weighted by molar-refractivity contribution is 0.270. The van der Waals surface area contributed by atoms with Crippen LogP contribution in [0.15, 0.2) is 35.7 Å². The van der Waals surface area contributed by atoms with Gasteiger partial charge in [0.2, 0.25) is 0 Å². The van der Waals surface area contributed by atoms with E-state index in [1.807, 2.05) is 6.07 Å². The molecule has 96 valence electrons. The van der Waals surface area contributed by atoms with Crippen molar-refractivity contribution in [3.8, 4) is 5.75 Å². The molecule has 0 aliphatic rings. The Balaban J connectivity index is 2.07. The van der Waals surface area contributed by atoms with E-state index < -0.39 is 0 Å². The van der Waals surface area contributed by atoms with Gasteiger partial charge in [0.15, 0.2) is 0 Å². The summed E-state index contributed by atoms with van der Waals surface area (Å²) < 4.78 is 0. The second-order valence-electron chi connectivity index (χ2n) is 4.27. The quantitative estimate of drug-likeness (QED) is 0.643. The van der Waals surface area contributed by atoms with E-state index >= 15 is 0 Å². The highest BCUT2D eigenvalue weighted by Crippen LogP contribution is 2.22. The molecule has 0 spiro atoms. The van der Waals surface area contributed by atoms with Gasteiger partial charge in [-0.2, -0.15) is 0 Å². The van der Waals surface area contributed by atoms with Crippen LogP contribution in [-0.4, -0.2) is 16.6 Å². The predicted octanol–water partition coefficient (Wildman–Crippen LogP) is 3.06. The summed E-state index contributed by atoms with van der Waals surface area (Å²) in [5.41, 5.74) is 7.33. The molecule has 4 heteroatoms. The standard InChI is InChI=1S/C14H18N2OS/c1-2-16(10-13-4-3-7-18-13)9-11-8-12(15)5-6-14(11)17/h3-8,17H,2,9-10,15H2,1H3. The van der Waals surface area contributed by atoms with Gasteiger partial charge in [0.25, 0.3) is 0 Å². The summed E-state index contributed by atoms with van der Waals surface area (Å²) in [5, 5.41) is 11.9. The summed E-state index contributed by atoms with van der Waals surface area (Å²) >= 11 is 1.76.